The Morgan fingerprint density at radius 3 is 2.50 bits per heavy atom. The van der Waals surface area contributed by atoms with Crippen molar-refractivity contribution in [1.29, 1.82) is 0 Å². The summed E-state index contributed by atoms with van der Waals surface area (Å²) in [6.45, 7) is 0. The highest BCUT2D eigenvalue weighted by atomic mass is 32.1. The number of rotatable bonds is 1. The number of hydrogen-bond acceptors (Lipinski definition) is 5. The van der Waals surface area contributed by atoms with Gasteiger partial charge in [0, 0.05) is 5.56 Å². The van der Waals surface area contributed by atoms with Crippen LogP contribution >= 0.6 is 12.6 Å². The minimum absolute atomic E-state index is 0.0348. The molecule has 6 heteroatoms. The van der Waals surface area contributed by atoms with E-state index in [4.69, 9.17) is 9.52 Å². The maximum absolute atomic E-state index is 9.20. The van der Waals surface area contributed by atoms with E-state index in [1.54, 1.807) is 0 Å². The molecule has 5 nitrogen and oxygen atoms in total. The molecule has 0 spiro atoms. The Morgan fingerprint density at radius 1 is 1.14 bits per heavy atom. The second-order valence-electron chi connectivity index (χ2n) is 2.58. The van der Waals surface area contributed by atoms with Gasteiger partial charge in [-0.2, -0.15) is 0 Å². The molecule has 0 unspecified atom stereocenters. The van der Waals surface area contributed by atoms with Crippen molar-refractivity contribution < 1.29 is 14.6 Å². The molecule has 1 heterocycles. The van der Waals surface area contributed by atoms with Crippen molar-refractivity contribution in [2.45, 2.75) is 5.22 Å². The maximum atomic E-state index is 9.20. The summed E-state index contributed by atoms with van der Waals surface area (Å²) in [4.78, 5) is 0. The van der Waals surface area contributed by atoms with Crippen molar-refractivity contribution in [2.24, 2.45) is 0 Å². The van der Waals surface area contributed by atoms with Crippen LogP contribution in [0.1, 0.15) is 0 Å². The van der Waals surface area contributed by atoms with Crippen molar-refractivity contribution in [3.63, 3.8) is 0 Å². The topological polar surface area (TPSA) is 79.4 Å². The summed E-state index contributed by atoms with van der Waals surface area (Å²) in [5.41, 5.74) is 0.504. The van der Waals surface area contributed by atoms with Crippen molar-refractivity contribution in [1.82, 2.24) is 10.2 Å². The standard InChI is InChI=1S/C8H5N2O3S/c11-5-2-1-4(3-6(5)12)7-9-10-8(14)13-7/h1-3,11-12H. The van der Waals surface area contributed by atoms with Crippen LogP contribution in [0.15, 0.2) is 27.8 Å². The number of phenolic OH excluding ortho intramolecular Hbond substituents is 2. The monoisotopic (exact) mass is 209 g/mol. The lowest BCUT2D eigenvalue weighted by atomic mass is 10.2. The summed E-state index contributed by atoms with van der Waals surface area (Å²) in [5.74, 6) is -0.233. The van der Waals surface area contributed by atoms with E-state index in [1.807, 2.05) is 0 Å². The zero-order valence-corrected chi connectivity index (χ0v) is 7.65. The SMILES string of the molecule is Oc1ccc(-c2nnc([S])o2)cc1O. The molecule has 71 valence electrons. The molecular weight excluding hydrogens is 204 g/mol. The van der Waals surface area contributed by atoms with Crippen LogP contribution in [0.4, 0.5) is 0 Å². The van der Waals surface area contributed by atoms with Gasteiger partial charge >= 0.3 is 5.22 Å². The molecule has 0 aliphatic carbocycles. The van der Waals surface area contributed by atoms with E-state index in [0.717, 1.165) is 0 Å². The van der Waals surface area contributed by atoms with E-state index in [-0.39, 0.29) is 22.6 Å². The quantitative estimate of drug-likeness (QED) is 0.699. The molecule has 2 rings (SSSR count). The van der Waals surface area contributed by atoms with Gasteiger partial charge in [0.1, 0.15) is 0 Å². The van der Waals surface area contributed by atoms with Crippen LogP contribution in [0, 0.1) is 0 Å². The van der Waals surface area contributed by atoms with Crippen LogP contribution in [0.3, 0.4) is 0 Å². The maximum Gasteiger partial charge on any atom is 0.309 e. The molecule has 1 aromatic heterocycles. The van der Waals surface area contributed by atoms with E-state index >= 15 is 0 Å². The fraction of sp³-hybridized carbons (Fsp3) is 0. The van der Waals surface area contributed by atoms with Gasteiger partial charge in [0.2, 0.25) is 5.89 Å². The molecule has 0 saturated carbocycles. The minimum Gasteiger partial charge on any atom is -0.504 e. The van der Waals surface area contributed by atoms with E-state index < -0.39 is 0 Å². The summed E-state index contributed by atoms with van der Waals surface area (Å²) < 4.78 is 4.96. The summed E-state index contributed by atoms with van der Waals surface area (Å²) in [6.07, 6.45) is 0. The third kappa shape index (κ3) is 1.47. The average molecular weight is 209 g/mol. The zero-order valence-electron chi connectivity index (χ0n) is 6.84. The normalized spacial score (nSPS) is 10.3. The van der Waals surface area contributed by atoms with Crippen LogP contribution in [0.5, 0.6) is 11.5 Å². The van der Waals surface area contributed by atoms with Gasteiger partial charge in [0.15, 0.2) is 11.5 Å². The van der Waals surface area contributed by atoms with Gasteiger partial charge < -0.3 is 14.6 Å². The molecule has 0 aliphatic rings. The van der Waals surface area contributed by atoms with Gasteiger partial charge in [-0.1, -0.05) is 5.10 Å². The predicted octanol–water partition coefficient (Wildman–Crippen LogP) is 1.70. The Morgan fingerprint density at radius 2 is 1.93 bits per heavy atom. The van der Waals surface area contributed by atoms with Crippen molar-refractivity contribution in [3.8, 4) is 23.0 Å². The number of aromatic hydroxyl groups is 2. The molecule has 0 saturated heterocycles. The Balaban J connectivity index is 2.47. The minimum atomic E-state index is -0.244. The third-order valence-corrected chi connectivity index (χ3v) is 1.79. The number of phenols is 2. The molecule has 0 amide bonds. The van der Waals surface area contributed by atoms with Crippen LogP contribution < -0.4 is 0 Å². The number of hydrogen-bond donors (Lipinski definition) is 2. The highest BCUT2D eigenvalue weighted by Gasteiger charge is 2.08. The second kappa shape index (κ2) is 3.15. The Kier molecular flexibility index (Phi) is 1.97. The summed E-state index contributed by atoms with van der Waals surface area (Å²) >= 11 is 4.64. The lowest BCUT2D eigenvalue weighted by Crippen LogP contribution is -1.77. The predicted molar refractivity (Wildman–Crippen MR) is 48.9 cm³/mol. The first-order valence-corrected chi connectivity index (χ1v) is 4.10. The highest BCUT2D eigenvalue weighted by molar-refractivity contribution is 7.80. The van der Waals surface area contributed by atoms with Crippen LogP contribution in [-0.4, -0.2) is 20.4 Å². The van der Waals surface area contributed by atoms with E-state index in [2.05, 4.69) is 22.8 Å². The molecule has 0 bridgehead atoms. The molecular formula is C8H5N2O3S. The van der Waals surface area contributed by atoms with Crippen molar-refractivity contribution >= 4 is 12.6 Å². The highest BCUT2D eigenvalue weighted by Crippen LogP contribution is 2.29. The van der Waals surface area contributed by atoms with Gasteiger partial charge in [0.25, 0.3) is 0 Å². The third-order valence-electron chi connectivity index (χ3n) is 1.63. The zero-order chi connectivity index (χ0) is 10.1. The molecule has 2 aromatic rings. The van der Waals surface area contributed by atoms with E-state index in [0.29, 0.717) is 5.56 Å². The van der Waals surface area contributed by atoms with E-state index in [9.17, 15) is 5.11 Å². The molecule has 1 aromatic carbocycles. The fourth-order valence-corrected chi connectivity index (χ4v) is 1.10. The average Bonchev–Trinajstić information content (AvgIpc) is 2.57. The number of nitrogens with zero attached hydrogens (tertiary/aromatic N) is 2. The summed E-state index contributed by atoms with van der Waals surface area (Å²) in [6, 6.07) is 4.19. The second-order valence-corrected chi connectivity index (χ2v) is 2.93. The number of benzene rings is 1. The number of aromatic nitrogens is 2. The van der Waals surface area contributed by atoms with Crippen molar-refractivity contribution in [3.05, 3.63) is 18.2 Å². The Bertz CT molecular complexity index is 469. The van der Waals surface area contributed by atoms with Gasteiger partial charge in [-0.25, -0.2) is 0 Å². The molecule has 1 radical (unpaired) electrons. The van der Waals surface area contributed by atoms with Crippen LogP contribution in [0.25, 0.3) is 11.5 Å². The van der Waals surface area contributed by atoms with Crippen LogP contribution in [-0.2, 0) is 0 Å². The first-order chi connectivity index (χ1) is 6.66. The Labute approximate surface area is 84.4 Å². The molecule has 0 aliphatic heterocycles. The van der Waals surface area contributed by atoms with Crippen LogP contribution in [0.2, 0.25) is 0 Å². The lowest BCUT2D eigenvalue weighted by molar-refractivity contribution is 0.403. The fourth-order valence-electron chi connectivity index (χ4n) is 0.983. The first kappa shape index (κ1) is 8.76. The Hall–Kier alpha value is -1.82. The molecule has 14 heavy (non-hydrogen) atoms. The molecule has 0 fully saturated rings. The first-order valence-electron chi connectivity index (χ1n) is 3.69. The largest absolute Gasteiger partial charge is 0.504 e. The van der Waals surface area contributed by atoms with E-state index in [1.165, 1.54) is 18.2 Å². The smallest absolute Gasteiger partial charge is 0.309 e. The summed E-state index contributed by atoms with van der Waals surface area (Å²) in [7, 11) is 0. The lowest BCUT2D eigenvalue weighted by Gasteiger charge is -1.98. The van der Waals surface area contributed by atoms with Gasteiger partial charge in [-0.15, -0.1) is 5.10 Å². The molecule has 0 atom stereocenters. The van der Waals surface area contributed by atoms with Gasteiger partial charge in [0.05, 0.1) is 0 Å². The van der Waals surface area contributed by atoms with Crippen molar-refractivity contribution in [2.75, 3.05) is 0 Å². The molecule has 2 N–H and O–H groups in total. The van der Waals surface area contributed by atoms with Gasteiger partial charge in [-0.05, 0) is 30.8 Å². The van der Waals surface area contributed by atoms with Gasteiger partial charge in [-0.3, -0.25) is 0 Å². The summed E-state index contributed by atoms with van der Waals surface area (Å²) in [5, 5.41) is 25.4.